The summed E-state index contributed by atoms with van der Waals surface area (Å²) in [7, 11) is 3.84. The van der Waals surface area contributed by atoms with Crippen molar-refractivity contribution in [2.45, 2.75) is 17.0 Å². The van der Waals surface area contributed by atoms with Crippen molar-refractivity contribution in [2.75, 3.05) is 12.8 Å². The Morgan fingerprint density at radius 3 is 3.05 bits per heavy atom. The van der Waals surface area contributed by atoms with Crippen molar-refractivity contribution >= 4 is 11.8 Å². The van der Waals surface area contributed by atoms with Crippen molar-refractivity contribution < 1.29 is 4.74 Å². The highest BCUT2D eigenvalue weighted by Crippen LogP contribution is 2.37. The Morgan fingerprint density at radius 1 is 1.47 bits per heavy atom. The van der Waals surface area contributed by atoms with Gasteiger partial charge in [-0.25, -0.2) is 0 Å². The number of aryl methyl sites for hydroxylation is 1. The number of hydrogen-bond acceptors (Lipinski definition) is 5. The van der Waals surface area contributed by atoms with Crippen LogP contribution in [0.1, 0.15) is 11.7 Å². The predicted molar refractivity (Wildman–Crippen MR) is 74.4 cm³/mol. The summed E-state index contributed by atoms with van der Waals surface area (Å²) in [5, 5.41) is 11.2. The zero-order chi connectivity index (χ0) is 13.2. The Balaban J connectivity index is 1.85. The average molecular weight is 276 g/mol. The molecule has 2 unspecified atom stereocenters. The van der Waals surface area contributed by atoms with Gasteiger partial charge in [0, 0.05) is 17.7 Å². The monoisotopic (exact) mass is 276 g/mol. The quantitative estimate of drug-likeness (QED) is 0.923. The molecule has 3 rings (SSSR count). The second kappa shape index (κ2) is 5.22. The van der Waals surface area contributed by atoms with Gasteiger partial charge < -0.3 is 10.1 Å². The second-order valence-electron chi connectivity index (χ2n) is 4.46. The molecule has 0 saturated carbocycles. The van der Waals surface area contributed by atoms with E-state index in [2.05, 4.69) is 21.7 Å². The summed E-state index contributed by atoms with van der Waals surface area (Å²) in [4.78, 5) is 1.21. The molecule has 5 nitrogen and oxygen atoms in total. The Bertz CT molecular complexity index is 571. The molecule has 6 heteroatoms. The van der Waals surface area contributed by atoms with E-state index in [1.54, 1.807) is 10.9 Å². The van der Waals surface area contributed by atoms with E-state index >= 15 is 0 Å². The number of likely N-dealkylation sites (N-methyl/N-ethyl adjacent to an activating group) is 1. The molecule has 0 radical (unpaired) electrons. The molecular weight excluding hydrogens is 260 g/mol. The van der Waals surface area contributed by atoms with Gasteiger partial charge in [0.05, 0.1) is 17.9 Å². The lowest BCUT2D eigenvalue weighted by Crippen LogP contribution is -2.38. The first-order valence-corrected chi connectivity index (χ1v) is 7.18. The fourth-order valence-corrected chi connectivity index (χ4v) is 3.34. The molecule has 0 aliphatic carbocycles. The Morgan fingerprint density at radius 2 is 2.32 bits per heavy atom. The third kappa shape index (κ3) is 2.33. The van der Waals surface area contributed by atoms with Crippen molar-refractivity contribution in [3.8, 4) is 5.75 Å². The van der Waals surface area contributed by atoms with Crippen molar-refractivity contribution in [3.63, 3.8) is 0 Å². The van der Waals surface area contributed by atoms with Crippen molar-refractivity contribution in [1.82, 2.24) is 20.3 Å². The lowest BCUT2D eigenvalue weighted by molar-refractivity contribution is 0.166. The Labute approximate surface area is 116 Å². The molecule has 1 aromatic carbocycles. The molecule has 19 heavy (non-hydrogen) atoms. The first-order chi connectivity index (χ1) is 9.29. The minimum atomic E-state index is 0.0714. The fourth-order valence-electron chi connectivity index (χ4n) is 2.30. The number of hydrogen-bond donors (Lipinski definition) is 1. The predicted octanol–water partition coefficient (Wildman–Crippen LogP) is 1.63. The molecule has 2 atom stereocenters. The van der Waals surface area contributed by atoms with Crippen LogP contribution in [0.15, 0.2) is 35.4 Å². The fraction of sp³-hybridized carbons (Fsp3) is 0.385. The summed E-state index contributed by atoms with van der Waals surface area (Å²) in [6, 6.07) is 8.23. The number of ether oxygens (including phenoxy) is 1. The first kappa shape index (κ1) is 12.5. The molecular formula is C13H16N4OS. The molecule has 100 valence electrons. The molecule has 0 fully saturated rings. The third-order valence-electron chi connectivity index (χ3n) is 3.28. The highest BCUT2D eigenvalue weighted by Gasteiger charge is 2.30. The van der Waals surface area contributed by atoms with Gasteiger partial charge in [-0.15, -0.1) is 16.9 Å². The number of fused-ring (bicyclic) bond motifs is 1. The van der Waals surface area contributed by atoms with E-state index in [4.69, 9.17) is 4.74 Å². The standard InChI is InChI=1S/C13H16N4OS/c1-14-13(9-7-15-16-17(9)2)11-8-19-12-6-4-3-5-10(12)18-11/h3-7,11,13-14H,8H2,1-2H3. The molecule has 0 bridgehead atoms. The van der Waals surface area contributed by atoms with Crippen LogP contribution in [0.3, 0.4) is 0 Å². The molecule has 1 N–H and O–H groups in total. The largest absolute Gasteiger partial charge is 0.486 e. The van der Waals surface area contributed by atoms with E-state index in [9.17, 15) is 0 Å². The highest BCUT2D eigenvalue weighted by atomic mass is 32.2. The lowest BCUT2D eigenvalue weighted by Gasteiger charge is -2.31. The van der Waals surface area contributed by atoms with Gasteiger partial charge in [0.15, 0.2) is 0 Å². The van der Waals surface area contributed by atoms with E-state index in [0.717, 1.165) is 17.2 Å². The molecule has 0 amide bonds. The number of rotatable bonds is 3. The summed E-state index contributed by atoms with van der Waals surface area (Å²) < 4.78 is 7.90. The van der Waals surface area contributed by atoms with Gasteiger partial charge in [0.1, 0.15) is 11.9 Å². The van der Waals surface area contributed by atoms with Gasteiger partial charge in [0.2, 0.25) is 0 Å². The molecule has 2 heterocycles. The first-order valence-electron chi connectivity index (χ1n) is 6.20. The van der Waals surface area contributed by atoms with Crippen LogP contribution in [-0.2, 0) is 7.05 Å². The number of thioether (sulfide) groups is 1. The van der Waals surface area contributed by atoms with Gasteiger partial charge in [-0.1, -0.05) is 17.3 Å². The van der Waals surface area contributed by atoms with Gasteiger partial charge in [0.25, 0.3) is 0 Å². The summed E-state index contributed by atoms with van der Waals surface area (Å²) in [5.74, 6) is 1.87. The van der Waals surface area contributed by atoms with E-state index in [-0.39, 0.29) is 12.1 Å². The van der Waals surface area contributed by atoms with Gasteiger partial charge in [-0.3, -0.25) is 4.68 Å². The number of nitrogens with zero attached hydrogens (tertiary/aromatic N) is 3. The van der Waals surface area contributed by atoms with Crippen LogP contribution in [0.2, 0.25) is 0 Å². The smallest absolute Gasteiger partial charge is 0.133 e. The summed E-state index contributed by atoms with van der Waals surface area (Å²) in [6.45, 7) is 0. The molecule has 1 aliphatic rings. The number of benzene rings is 1. The maximum atomic E-state index is 6.11. The maximum absolute atomic E-state index is 6.11. The van der Waals surface area contributed by atoms with Gasteiger partial charge in [-0.05, 0) is 19.2 Å². The number of nitrogens with one attached hydrogen (secondary N) is 1. The minimum Gasteiger partial charge on any atom is -0.486 e. The Kier molecular flexibility index (Phi) is 3.44. The Hall–Kier alpha value is -1.53. The van der Waals surface area contributed by atoms with Crippen LogP contribution in [0.5, 0.6) is 5.75 Å². The van der Waals surface area contributed by atoms with E-state index in [1.165, 1.54) is 4.90 Å². The molecule has 1 aliphatic heterocycles. The minimum absolute atomic E-state index is 0.0714. The molecule has 2 aromatic rings. The molecule has 1 aromatic heterocycles. The summed E-state index contributed by atoms with van der Waals surface area (Å²) in [6.07, 6.45) is 1.86. The molecule has 0 saturated heterocycles. The van der Waals surface area contributed by atoms with Crippen molar-refractivity contribution in [3.05, 3.63) is 36.2 Å². The van der Waals surface area contributed by atoms with E-state index < -0.39 is 0 Å². The number of para-hydroxylation sites is 1. The second-order valence-corrected chi connectivity index (χ2v) is 5.52. The average Bonchev–Trinajstić information content (AvgIpc) is 2.86. The zero-order valence-corrected chi connectivity index (χ0v) is 11.7. The topological polar surface area (TPSA) is 52.0 Å². The van der Waals surface area contributed by atoms with Crippen LogP contribution in [0.4, 0.5) is 0 Å². The van der Waals surface area contributed by atoms with Gasteiger partial charge >= 0.3 is 0 Å². The summed E-state index contributed by atoms with van der Waals surface area (Å²) in [5.41, 5.74) is 1.03. The van der Waals surface area contributed by atoms with Crippen LogP contribution in [0.25, 0.3) is 0 Å². The maximum Gasteiger partial charge on any atom is 0.133 e. The normalized spacial score (nSPS) is 19.6. The van der Waals surface area contributed by atoms with Crippen LogP contribution in [-0.4, -0.2) is 33.9 Å². The van der Waals surface area contributed by atoms with Crippen LogP contribution in [0, 0.1) is 0 Å². The SMILES string of the molecule is CNC(c1cnnn1C)C1CSc2ccccc2O1. The van der Waals surface area contributed by atoms with E-state index in [0.29, 0.717) is 0 Å². The highest BCUT2D eigenvalue weighted by molar-refractivity contribution is 7.99. The van der Waals surface area contributed by atoms with E-state index in [1.807, 2.05) is 44.1 Å². The number of aromatic nitrogens is 3. The van der Waals surface area contributed by atoms with Crippen molar-refractivity contribution in [1.29, 1.82) is 0 Å². The summed E-state index contributed by atoms with van der Waals surface area (Å²) >= 11 is 1.83. The van der Waals surface area contributed by atoms with Crippen LogP contribution >= 0.6 is 11.8 Å². The van der Waals surface area contributed by atoms with Crippen LogP contribution < -0.4 is 10.1 Å². The third-order valence-corrected chi connectivity index (χ3v) is 4.42. The molecule has 0 spiro atoms. The van der Waals surface area contributed by atoms with Gasteiger partial charge in [-0.2, -0.15) is 0 Å². The van der Waals surface area contributed by atoms with Crippen molar-refractivity contribution in [2.24, 2.45) is 7.05 Å². The lowest BCUT2D eigenvalue weighted by atomic mass is 10.1. The zero-order valence-electron chi connectivity index (χ0n) is 10.9.